The maximum atomic E-state index is 12.5. The number of carbonyl (C=O) groups is 1. The summed E-state index contributed by atoms with van der Waals surface area (Å²) in [5.74, 6) is 0.736. The standard InChI is InChI=1S/C17H17BrN6O/c1-22-11-13(10-20-22)16(25)23-4-6-24(7-5-23)17-19-9-12-8-14(18)2-3-15(12)21-17/h2-3,8-11H,4-7H2,1H3. The molecule has 0 spiro atoms. The van der Waals surface area contributed by atoms with E-state index in [1.165, 1.54) is 0 Å². The summed E-state index contributed by atoms with van der Waals surface area (Å²) < 4.78 is 2.66. The lowest BCUT2D eigenvalue weighted by atomic mass is 10.2. The number of fused-ring (bicyclic) bond motifs is 1. The van der Waals surface area contributed by atoms with E-state index in [0.717, 1.165) is 15.4 Å². The molecule has 3 aromatic rings. The van der Waals surface area contributed by atoms with Crippen molar-refractivity contribution in [2.75, 3.05) is 31.1 Å². The number of hydrogen-bond donors (Lipinski definition) is 0. The van der Waals surface area contributed by atoms with Crippen LogP contribution in [0.5, 0.6) is 0 Å². The van der Waals surface area contributed by atoms with Crippen molar-refractivity contribution in [2.45, 2.75) is 0 Å². The summed E-state index contributed by atoms with van der Waals surface area (Å²) in [4.78, 5) is 25.6. The van der Waals surface area contributed by atoms with Gasteiger partial charge in [0.05, 0.1) is 17.3 Å². The number of nitrogens with zero attached hydrogens (tertiary/aromatic N) is 6. The lowest BCUT2D eigenvalue weighted by molar-refractivity contribution is 0.0746. The van der Waals surface area contributed by atoms with Crippen molar-refractivity contribution >= 4 is 38.7 Å². The number of amides is 1. The highest BCUT2D eigenvalue weighted by Crippen LogP contribution is 2.20. The third-order valence-corrected chi connectivity index (χ3v) is 4.82. The maximum absolute atomic E-state index is 12.5. The molecule has 1 fully saturated rings. The molecule has 2 aromatic heterocycles. The van der Waals surface area contributed by atoms with Crippen molar-refractivity contribution in [2.24, 2.45) is 7.05 Å². The Morgan fingerprint density at radius 3 is 2.68 bits per heavy atom. The third-order valence-electron chi connectivity index (χ3n) is 4.33. The smallest absolute Gasteiger partial charge is 0.257 e. The summed E-state index contributed by atoms with van der Waals surface area (Å²) in [5, 5.41) is 5.07. The van der Waals surface area contributed by atoms with Crippen molar-refractivity contribution in [1.29, 1.82) is 0 Å². The first-order valence-electron chi connectivity index (χ1n) is 8.05. The summed E-state index contributed by atoms with van der Waals surface area (Å²) in [7, 11) is 1.81. The number of piperazine rings is 1. The Balaban J connectivity index is 1.46. The lowest BCUT2D eigenvalue weighted by Gasteiger charge is -2.34. The number of carbonyl (C=O) groups excluding carboxylic acids is 1. The predicted molar refractivity (Wildman–Crippen MR) is 98.6 cm³/mol. The minimum atomic E-state index is 0.0250. The second-order valence-corrected chi connectivity index (χ2v) is 6.97. The Morgan fingerprint density at radius 1 is 1.16 bits per heavy atom. The van der Waals surface area contributed by atoms with Gasteiger partial charge in [-0.3, -0.25) is 9.48 Å². The van der Waals surface area contributed by atoms with Gasteiger partial charge in [0.2, 0.25) is 5.95 Å². The SMILES string of the molecule is Cn1cc(C(=O)N2CCN(c3ncc4cc(Br)ccc4n3)CC2)cn1. The second-order valence-electron chi connectivity index (χ2n) is 6.06. The highest BCUT2D eigenvalue weighted by molar-refractivity contribution is 9.10. The van der Waals surface area contributed by atoms with E-state index in [9.17, 15) is 4.79 Å². The molecule has 1 saturated heterocycles. The van der Waals surface area contributed by atoms with E-state index in [-0.39, 0.29) is 5.91 Å². The molecule has 7 nitrogen and oxygen atoms in total. The second kappa shape index (κ2) is 6.44. The highest BCUT2D eigenvalue weighted by atomic mass is 79.9. The molecule has 0 atom stereocenters. The fourth-order valence-electron chi connectivity index (χ4n) is 2.97. The zero-order chi connectivity index (χ0) is 17.4. The molecule has 1 amide bonds. The van der Waals surface area contributed by atoms with Gasteiger partial charge in [0.1, 0.15) is 0 Å². The number of rotatable bonds is 2. The van der Waals surface area contributed by atoms with Crippen LogP contribution >= 0.6 is 15.9 Å². The Labute approximate surface area is 153 Å². The van der Waals surface area contributed by atoms with E-state index in [1.807, 2.05) is 36.3 Å². The summed E-state index contributed by atoms with van der Waals surface area (Å²) in [6.07, 6.45) is 5.20. The number of aryl methyl sites for hydroxylation is 1. The van der Waals surface area contributed by atoms with E-state index in [0.29, 0.717) is 37.7 Å². The number of benzene rings is 1. The van der Waals surface area contributed by atoms with Gasteiger partial charge >= 0.3 is 0 Å². The first kappa shape index (κ1) is 16.0. The van der Waals surface area contributed by atoms with Gasteiger partial charge in [-0.05, 0) is 18.2 Å². The molecule has 128 valence electrons. The zero-order valence-electron chi connectivity index (χ0n) is 13.8. The fraction of sp³-hybridized carbons (Fsp3) is 0.294. The minimum Gasteiger partial charge on any atom is -0.337 e. The van der Waals surface area contributed by atoms with Crippen molar-refractivity contribution in [3.8, 4) is 0 Å². The first-order valence-corrected chi connectivity index (χ1v) is 8.84. The van der Waals surface area contributed by atoms with Crippen LogP contribution in [0.2, 0.25) is 0 Å². The first-order chi connectivity index (χ1) is 12.1. The zero-order valence-corrected chi connectivity index (χ0v) is 15.3. The molecular weight excluding hydrogens is 384 g/mol. The molecule has 3 heterocycles. The average Bonchev–Trinajstić information content (AvgIpc) is 3.07. The molecule has 0 bridgehead atoms. The van der Waals surface area contributed by atoms with Crippen molar-refractivity contribution in [1.82, 2.24) is 24.6 Å². The largest absolute Gasteiger partial charge is 0.337 e. The normalized spacial score (nSPS) is 15.0. The summed E-state index contributed by atoms with van der Waals surface area (Å²) in [5.41, 5.74) is 1.55. The molecule has 1 aliphatic heterocycles. The lowest BCUT2D eigenvalue weighted by Crippen LogP contribution is -2.49. The van der Waals surface area contributed by atoms with E-state index in [1.54, 1.807) is 17.1 Å². The maximum Gasteiger partial charge on any atom is 0.257 e. The van der Waals surface area contributed by atoms with Gasteiger partial charge in [-0.2, -0.15) is 5.10 Å². The van der Waals surface area contributed by atoms with Crippen LogP contribution in [0.3, 0.4) is 0 Å². The number of anilines is 1. The van der Waals surface area contributed by atoms with Crippen molar-refractivity contribution < 1.29 is 4.79 Å². The van der Waals surface area contributed by atoms with Gasteiger partial charge in [0.15, 0.2) is 0 Å². The molecule has 25 heavy (non-hydrogen) atoms. The molecule has 1 aromatic carbocycles. The van der Waals surface area contributed by atoms with Crippen LogP contribution in [0.15, 0.2) is 41.3 Å². The van der Waals surface area contributed by atoms with E-state index < -0.39 is 0 Å². The van der Waals surface area contributed by atoms with Crippen LogP contribution in [-0.2, 0) is 7.05 Å². The average molecular weight is 401 g/mol. The van der Waals surface area contributed by atoms with Crippen LogP contribution in [0, 0.1) is 0 Å². The number of aromatic nitrogens is 4. The van der Waals surface area contributed by atoms with Gasteiger partial charge in [-0.25, -0.2) is 9.97 Å². The molecule has 1 aliphatic rings. The van der Waals surface area contributed by atoms with E-state index in [2.05, 4.69) is 35.9 Å². The van der Waals surface area contributed by atoms with E-state index in [4.69, 9.17) is 0 Å². The summed E-state index contributed by atoms with van der Waals surface area (Å²) in [6.45, 7) is 2.73. The topological polar surface area (TPSA) is 67.2 Å². The Bertz CT molecular complexity index is 932. The van der Waals surface area contributed by atoms with Gasteiger partial charge in [-0.1, -0.05) is 15.9 Å². The fourth-order valence-corrected chi connectivity index (χ4v) is 3.35. The summed E-state index contributed by atoms with van der Waals surface area (Å²) in [6, 6.07) is 5.96. The van der Waals surface area contributed by atoms with E-state index >= 15 is 0 Å². The number of halogens is 1. The Morgan fingerprint density at radius 2 is 1.96 bits per heavy atom. The van der Waals surface area contributed by atoms with Crippen LogP contribution in [-0.4, -0.2) is 56.7 Å². The molecule has 0 aliphatic carbocycles. The van der Waals surface area contributed by atoms with Gasteiger partial charge in [-0.15, -0.1) is 0 Å². The highest BCUT2D eigenvalue weighted by Gasteiger charge is 2.24. The Hall–Kier alpha value is -2.48. The Kier molecular flexibility index (Phi) is 4.12. The van der Waals surface area contributed by atoms with Gasteiger partial charge in [0.25, 0.3) is 5.91 Å². The molecular formula is C17H17BrN6O. The molecule has 8 heteroatoms. The van der Waals surface area contributed by atoms with Crippen LogP contribution in [0.25, 0.3) is 10.9 Å². The monoisotopic (exact) mass is 400 g/mol. The van der Waals surface area contributed by atoms with Crippen LogP contribution in [0.1, 0.15) is 10.4 Å². The number of hydrogen-bond acceptors (Lipinski definition) is 5. The predicted octanol–water partition coefficient (Wildman–Crippen LogP) is 2.09. The van der Waals surface area contributed by atoms with Crippen LogP contribution < -0.4 is 4.90 Å². The quantitative estimate of drug-likeness (QED) is 0.658. The van der Waals surface area contributed by atoms with Gasteiger partial charge in [0, 0.05) is 55.5 Å². The van der Waals surface area contributed by atoms with Gasteiger partial charge < -0.3 is 9.80 Å². The summed E-state index contributed by atoms with van der Waals surface area (Å²) >= 11 is 3.46. The molecule has 0 radical (unpaired) electrons. The van der Waals surface area contributed by atoms with Crippen molar-refractivity contribution in [3.63, 3.8) is 0 Å². The molecule has 0 N–H and O–H groups in total. The third kappa shape index (κ3) is 3.21. The molecule has 0 saturated carbocycles. The molecule has 0 unspecified atom stereocenters. The van der Waals surface area contributed by atoms with Crippen molar-refractivity contribution in [3.05, 3.63) is 46.8 Å². The molecule has 4 rings (SSSR count). The van der Waals surface area contributed by atoms with Crippen LogP contribution in [0.4, 0.5) is 5.95 Å². The minimum absolute atomic E-state index is 0.0250.